The van der Waals surface area contributed by atoms with Crippen molar-refractivity contribution in [1.29, 1.82) is 0 Å². The van der Waals surface area contributed by atoms with Crippen LogP contribution in [-0.4, -0.2) is 37.6 Å². The van der Waals surface area contributed by atoms with Gasteiger partial charge in [-0.1, -0.05) is 0 Å². The summed E-state index contributed by atoms with van der Waals surface area (Å²) < 4.78 is 0. The van der Waals surface area contributed by atoms with Gasteiger partial charge in [0.05, 0.1) is 6.04 Å². The van der Waals surface area contributed by atoms with Crippen molar-refractivity contribution < 1.29 is 4.79 Å². The van der Waals surface area contributed by atoms with E-state index < -0.39 is 0 Å². The van der Waals surface area contributed by atoms with Gasteiger partial charge in [-0.3, -0.25) is 4.79 Å². The highest BCUT2D eigenvalue weighted by Crippen LogP contribution is 2.25. The highest BCUT2D eigenvalue weighted by molar-refractivity contribution is 5.82. The van der Waals surface area contributed by atoms with E-state index in [1.54, 1.807) is 0 Å². The Hall–Kier alpha value is -0.610. The van der Waals surface area contributed by atoms with Crippen LogP contribution in [0.2, 0.25) is 0 Å². The maximum Gasteiger partial charge on any atom is 0.237 e. The summed E-state index contributed by atoms with van der Waals surface area (Å²) in [4.78, 5) is 11.8. The molecule has 2 saturated heterocycles. The van der Waals surface area contributed by atoms with Gasteiger partial charge >= 0.3 is 0 Å². The van der Waals surface area contributed by atoms with Crippen LogP contribution in [0, 0.1) is 5.92 Å². The molecule has 92 valence electrons. The molecule has 2 aliphatic rings. The summed E-state index contributed by atoms with van der Waals surface area (Å²) in [6.07, 6.45) is 4.55. The summed E-state index contributed by atoms with van der Waals surface area (Å²) in [6.45, 7) is 3.36. The van der Waals surface area contributed by atoms with Crippen molar-refractivity contribution in [3.8, 4) is 0 Å². The summed E-state index contributed by atoms with van der Waals surface area (Å²) in [5, 5.41) is 9.74. The van der Waals surface area contributed by atoms with Gasteiger partial charge in [0, 0.05) is 12.1 Å². The summed E-state index contributed by atoms with van der Waals surface area (Å²) in [5.41, 5.74) is 0. The van der Waals surface area contributed by atoms with Crippen molar-refractivity contribution in [1.82, 2.24) is 16.0 Å². The lowest BCUT2D eigenvalue weighted by Crippen LogP contribution is -2.57. The number of rotatable bonds is 2. The molecular weight excluding hydrogens is 202 g/mol. The molecule has 0 spiro atoms. The van der Waals surface area contributed by atoms with Gasteiger partial charge < -0.3 is 16.0 Å². The monoisotopic (exact) mass is 225 g/mol. The Kier molecular flexibility index (Phi) is 3.82. The van der Waals surface area contributed by atoms with Crippen molar-refractivity contribution in [3.05, 3.63) is 0 Å². The minimum atomic E-state index is 0.0168. The van der Waals surface area contributed by atoms with Gasteiger partial charge in [-0.15, -0.1) is 0 Å². The molecular formula is C12H23N3O. The van der Waals surface area contributed by atoms with Crippen molar-refractivity contribution in [2.75, 3.05) is 13.6 Å². The molecule has 4 heteroatoms. The van der Waals surface area contributed by atoms with Gasteiger partial charge in [-0.25, -0.2) is 0 Å². The third kappa shape index (κ3) is 2.38. The molecule has 3 N–H and O–H groups in total. The van der Waals surface area contributed by atoms with E-state index in [9.17, 15) is 4.79 Å². The molecule has 0 aromatic rings. The molecule has 2 rings (SSSR count). The number of likely N-dealkylation sites (N-methyl/N-ethyl adjacent to an activating group) is 1. The van der Waals surface area contributed by atoms with Gasteiger partial charge in [-0.05, 0) is 52.1 Å². The zero-order valence-electron chi connectivity index (χ0n) is 10.3. The van der Waals surface area contributed by atoms with E-state index in [-0.39, 0.29) is 11.9 Å². The number of amides is 1. The first-order valence-corrected chi connectivity index (χ1v) is 6.43. The van der Waals surface area contributed by atoms with Crippen LogP contribution < -0.4 is 16.0 Å². The largest absolute Gasteiger partial charge is 0.352 e. The first-order chi connectivity index (χ1) is 7.72. The van der Waals surface area contributed by atoms with E-state index in [0.717, 1.165) is 19.4 Å². The molecule has 0 aromatic carbocycles. The van der Waals surface area contributed by atoms with E-state index in [4.69, 9.17) is 0 Å². The van der Waals surface area contributed by atoms with Crippen LogP contribution in [-0.2, 0) is 4.79 Å². The fourth-order valence-corrected chi connectivity index (χ4v) is 3.05. The molecule has 0 bridgehead atoms. The highest BCUT2D eigenvalue weighted by Gasteiger charge is 2.34. The second kappa shape index (κ2) is 5.15. The van der Waals surface area contributed by atoms with Gasteiger partial charge in [0.25, 0.3) is 0 Å². The highest BCUT2D eigenvalue weighted by atomic mass is 16.2. The number of hydrogen-bond donors (Lipinski definition) is 3. The van der Waals surface area contributed by atoms with Crippen LogP contribution in [0.1, 0.15) is 32.6 Å². The first-order valence-electron chi connectivity index (χ1n) is 6.43. The third-order valence-electron chi connectivity index (χ3n) is 4.10. The molecule has 2 aliphatic heterocycles. The molecule has 4 nitrogen and oxygen atoms in total. The van der Waals surface area contributed by atoms with Crippen molar-refractivity contribution in [3.63, 3.8) is 0 Å². The molecule has 2 heterocycles. The summed E-state index contributed by atoms with van der Waals surface area (Å²) in [7, 11) is 1.86. The van der Waals surface area contributed by atoms with Gasteiger partial charge in [-0.2, -0.15) is 0 Å². The minimum Gasteiger partial charge on any atom is -0.352 e. The van der Waals surface area contributed by atoms with Crippen LogP contribution in [0.5, 0.6) is 0 Å². The summed E-state index contributed by atoms with van der Waals surface area (Å²) in [6, 6.07) is 0.924. The van der Waals surface area contributed by atoms with E-state index >= 15 is 0 Å². The molecule has 1 unspecified atom stereocenters. The molecule has 0 radical (unpaired) electrons. The number of piperidine rings is 2. The molecule has 2 fully saturated rings. The zero-order chi connectivity index (χ0) is 11.5. The zero-order valence-corrected chi connectivity index (χ0v) is 10.3. The quantitative estimate of drug-likeness (QED) is 0.631. The molecule has 0 aliphatic carbocycles. The number of carbonyl (C=O) groups is 1. The summed E-state index contributed by atoms with van der Waals surface area (Å²) in [5.74, 6) is 0.784. The van der Waals surface area contributed by atoms with E-state index in [2.05, 4.69) is 22.9 Å². The Balaban J connectivity index is 1.93. The lowest BCUT2D eigenvalue weighted by atomic mass is 9.81. The van der Waals surface area contributed by atoms with Crippen molar-refractivity contribution in [2.45, 2.75) is 50.7 Å². The average molecular weight is 225 g/mol. The van der Waals surface area contributed by atoms with Crippen LogP contribution in [0.25, 0.3) is 0 Å². The molecule has 16 heavy (non-hydrogen) atoms. The van der Waals surface area contributed by atoms with Gasteiger partial charge in [0.15, 0.2) is 0 Å². The topological polar surface area (TPSA) is 53.2 Å². The predicted octanol–water partition coefficient (Wildman–Crippen LogP) is 0.241. The Morgan fingerprint density at radius 3 is 2.75 bits per heavy atom. The maximum atomic E-state index is 11.8. The van der Waals surface area contributed by atoms with Crippen molar-refractivity contribution in [2.24, 2.45) is 5.92 Å². The summed E-state index contributed by atoms with van der Waals surface area (Å²) >= 11 is 0. The van der Waals surface area contributed by atoms with Gasteiger partial charge in [0.2, 0.25) is 5.91 Å². The molecule has 4 atom stereocenters. The number of hydrogen-bond acceptors (Lipinski definition) is 3. The number of nitrogens with one attached hydrogen (secondary N) is 3. The molecule has 1 amide bonds. The van der Waals surface area contributed by atoms with E-state index in [0.29, 0.717) is 18.0 Å². The normalized spacial score (nSPS) is 40.5. The second-order valence-electron chi connectivity index (χ2n) is 5.08. The Morgan fingerprint density at radius 1 is 1.31 bits per heavy atom. The average Bonchev–Trinajstić information content (AvgIpc) is 2.29. The Morgan fingerprint density at radius 2 is 2.12 bits per heavy atom. The fraction of sp³-hybridized carbons (Fsp3) is 0.917. The van der Waals surface area contributed by atoms with Crippen LogP contribution >= 0.6 is 0 Å². The lowest BCUT2D eigenvalue weighted by molar-refractivity contribution is -0.126. The number of carbonyl (C=O) groups excluding carboxylic acids is 1. The van der Waals surface area contributed by atoms with Gasteiger partial charge in [0.1, 0.15) is 0 Å². The van der Waals surface area contributed by atoms with Crippen molar-refractivity contribution >= 4 is 5.91 Å². The smallest absolute Gasteiger partial charge is 0.237 e. The van der Waals surface area contributed by atoms with Crippen LogP contribution in [0.15, 0.2) is 0 Å². The first kappa shape index (κ1) is 11.9. The maximum absolute atomic E-state index is 11.8. The van der Waals surface area contributed by atoms with Crippen LogP contribution in [0.3, 0.4) is 0 Å². The second-order valence-corrected chi connectivity index (χ2v) is 5.08. The predicted molar refractivity (Wildman–Crippen MR) is 64.2 cm³/mol. The molecule has 0 saturated carbocycles. The van der Waals surface area contributed by atoms with E-state index in [1.165, 1.54) is 12.8 Å². The van der Waals surface area contributed by atoms with E-state index in [1.807, 2.05) is 7.05 Å². The fourth-order valence-electron chi connectivity index (χ4n) is 3.05. The third-order valence-corrected chi connectivity index (χ3v) is 4.10. The Bertz CT molecular complexity index is 257. The minimum absolute atomic E-state index is 0.0168. The lowest BCUT2D eigenvalue weighted by Gasteiger charge is -2.39. The van der Waals surface area contributed by atoms with Crippen LogP contribution in [0.4, 0.5) is 0 Å². The standard InChI is InChI=1S/C12H23N3O/c1-8-9(4-3-7-14-8)10-5-6-11(13-2)12(16)15-10/h8-11,13-14H,3-7H2,1-2H3,(H,15,16)/t8-,9-,10+,11?/m0/s1. The molecule has 0 aromatic heterocycles. The SMILES string of the molecule is CNC1CC[C@H]([C@H]2CCCN[C@H]2C)NC1=O. The Labute approximate surface area is 97.6 Å².